The second-order valence-corrected chi connectivity index (χ2v) is 10.4. The van der Waals surface area contributed by atoms with E-state index in [2.05, 4.69) is 20.8 Å². The van der Waals surface area contributed by atoms with E-state index in [0.717, 1.165) is 36.0 Å². The molecule has 0 aliphatic heterocycles. The second-order valence-electron chi connectivity index (χ2n) is 10.4. The van der Waals surface area contributed by atoms with Gasteiger partial charge in [-0.25, -0.2) is 0 Å². The van der Waals surface area contributed by atoms with Crippen molar-refractivity contribution in [3.05, 3.63) is 0 Å². The molecular formula is C25H44O. The van der Waals surface area contributed by atoms with Gasteiger partial charge in [0.1, 0.15) is 6.29 Å². The summed E-state index contributed by atoms with van der Waals surface area (Å²) in [4.78, 5) is 11.2. The van der Waals surface area contributed by atoms with Gasteiger partial charge in [0.25, 0.3) is 0 Å². The third-order valence-corrected chi connectivity index (χ3v) is 9.93. The predicted molar refractivity (Wildman–Crippen MR) is 111 cm³/mol. The van der Waals surface area contributed by atoms with Crippen LogP contribution in [0.3, 0.4) is 0 Å². The lowest BCUT2D eigenvalue weighted by Crippen LogP contribution is -2.53. The van der Waals surface area contributed by atoms with Crippen LogP contribution in [0.2, 0.25) is 0 Å². The summed E-state index contributed by atoms with van der Waals surface area (Å²) in [5.41, 5.74) is 1.12. The van der Waals surface area contributed by atoms with Gasteiger partial charge in [-0.05, 0) is 104 Å². The number of carbonyl (C=O) groups excluding carboxylic acids is 1. The minimum Gasteiger partial charge on any atom is -0.303 e. The van der Waals surface area contributed by atoms with E-state index in [0.29, 0.717) is 16.7 Å². The molecule has 4 rings (SSSR count). The summed E-state index contributed by atoms with van der Waals surface area (Å²) in [5, 5.41) is 0. The van der Waals surface area contributed by atoms with Crippen molar-refractivity contribution < 1.29 is 4.79 Å². The van der Waals surface area contributed by atoms with Crippen molar-refractivity contribution >= 4 is 6.29 Å². The highest BCUT2D eigenvalue weighted by Crippen LogP contribution is 2.68. The Bertz CT molecular complexity index is 485. The van der Waals surface area contributed by atoms with Crippen molar-refractivity contribution in [1.82, 2.24) is 0 Å². The molecule has 150 valence electrons. The van der Waals surface area contributed by atoms with E-state index >= 15 is 0 Å². The first-order valence-electron chi connectivity index (χ1n) is 12.0. The van der Waals surface area contributed by atoms with Crippen LogP contribution < -0.4 is 0 Å². The lowest BCUT2D eigenvalue weighted by molar-refractivity contribution is -0.122. The Labute approximate surface area is 163 Å². The standard InChI is InChI=1S/C23H38O.C2H6/c1-4-16-9-12-23(3)18(15-16)5-7-19-20-8-6-17(11-14-24)22(20,2)13-10-21(19)23;1-2/h14,16-21H,4-13,15H2,1-3H3;1-2H3/t16-,17?,18?,19-,20?,21?,22+,23-;/m0./s1. The van der Waals surface area contributed by atoms with E-state index in [1.54, 1.807) is 0 Å². The van der Waals surface area contributed by atoms with Gasteiger partial charge >= 0.3 is 0 Å². The molecule has 1 heteroatoms. The van der Waals surface area contributed by atoms with Crippen molar-refractivity contribution in [3.63, 3.8) is 0 Å². The minimum atomic E-state index is 0.478. The zero-order valence-corrected chi connectivity index (χ0v) is 18.2. The zero-order valence-electron chi connectivity index (χ0n) is 18.2. The van der Waals surface area contributed by atoms with Crippen LogP contribution >= 0.6 is 0 Å². The van der Waals surface area contributed by atoms with Crippen LogP contribution in [-0.4, -0.2) is 6.29 Å². The van der Waals surface area contributed by atoms with Crippen LogP contribution in [0.5, 0.6) is 0 Å². The van der Waals surface area contributed by atoms with Gasteiger partial charge in [-0.1, -0.05) is 41.0 Å². The van der Waals surface area contributed by atoms with Crippen LogP contribution in [0, 0.1) is 46.3 Å². The van der Waals surface area contributed by atoms with Crippen LogP contribution in [-0.2, 0) is 4.79 Å². The van der Waals surface area contributed by atoms with Gasteiger partial charge in [0, 0.05) is 6.42 Å². The minimum absolute atomic E-state index is 0.478. The van der Waals surface area contributed by atoms with Gasteiger partial charge in [0.2, 0.25) is 0 Å². The van der Waals surface area contributed by atoms with Gasteiger partial charge < -0.3 is 4.79 Å². The van der Waals surface area contributed by atoms with E-state index in [-0.39, 0.29) is 0 Å². The number of rotatable bonds is 3. The lowest BCUT2D eigenvalue weighted by atomic mass is 9.44. The summed E-state index contributed by atoms with van der Waals surface area (Å²) in [6.45, 7) is 11.6. The number of hydrogen-bond donors (Lipinski definition) is 0. The molecule has 0 N–H and O–H groups in total. The number of fused-ring (bicyclic) bond motifs is 5. The quantitative estimate of drug-likeness (QED) is 0.483. The average molecular weight is 361 g/mol. The first-order chi connectivity index (χ1) is 12.5. The molecular weight excluding hydrogens is 316 g/mol. The molecule has 8 atom stereocenters. The molecule has 0 saturated heterocycles. The zero-order chi connectivity index (χ0) is 18.9. The van der Waals surface area contributed by atoms with Crippen molar-refractivity contribution in [1.29, 1.82) is 0 Å². The van der Waals surface area contributed by atoms with Gasteiger partial charge in [-0.3, -0.25) is 0 Å². The molecule has 1 nitrogen and oxygen atoms in total. The monoisotopic (exact) mass is 360 g/mol. The van der Waals surface area contributed by atoms with Crippen LogP contribution in [0.15, 0.2) is 0 Å². The van der Waals surface area contributed by atoms with E-state index in [1.165, 1.54) is 70.5 Å². The molecule has 0 aromatic rings. The molecule has 0 amide bonds. The Kier molecular flexibility index (Phi) is 6.25. The van der Waals surface area contributed by atoms with Crippen LogP contribution in [0.25, 0.3) is 0 Å². The first kappa shape index (κ1) is 20.4. The maximum atomic E-state index is 11.2. The third kappa shape index (κ3) is 3.10. The highest BCUT2D eigenvalue weighted by atomic mass is 16.1. The molecule has 4 fully saturated rings. The summed E-state index contributed by atoms with van der Waals surface area (Å²) in [6, 6.07) is 0. The summed E-state index contributed by atoms with van der Waals surface area (Å²) in [5.74, 6) is 5.58. The van der Waals surface area contributed by atoms with Gasteiger partial charge in [-0.15, -0.1) is 0 Å². The van der Waals surface area contributed by atoms with E-state index in [4.69, 9.17) is 0 Å². The molecule has 0 spiro atoms. The van der Waals surface area contributed by atoms with Crippen molar-refractivity contribution in [3.8, 4) is 0 Å². The maximum absolute atomic E-state index is 11.2. The van der Waals surface area contributed by atoms with Crippen molar-refractivity contribution in [2.45, 2.75) is 105 Å². The fourth-order valence-electron chi connectivity index (χ4n) is 8.33. The Morgan fingerprint density at radius 3 is 2.27 bits per heavy atom. The molecule has 0 aromatic heterocycles. The number of carbonyl (C=O) groups is 1. The average Bonchev–Trinajstić information content (AvgIpc) is 2.99. The maximum Gasteiger partial charge on any atom is 0.120 e. The molecule has 26 heavy (non-hydrogen) atoms. The molecule has 4 saturated carbocycles. The van der Waals surface area contributed by atoms with E-state index < -0.39 is 0 Å². The highest BCUT2D eigenvalue weighted by molar-refractivity contribution is 5.50. The largest absolute Gasteiger partial charge is 0.303 e. The molecule has 0 radical (unpaired) electrons. The van der Waals surface area contributed by atoms with Crippen molar-refractivity contribution in [2.75, 3.05) is 0 Å². The topological polar surface area (TPSA) is 17.1 Å². The number of aldehydes is 1. The SMILES string of the molecule is CC.CC[C@H]1CC[C@@]2(C)C(CC[C@@H]3C2CC[C@]2(C)C(CC=O)CCC32)C1. The highest BCUT2D eigenvalue weighted by Gasteiger charge is 2.59. The smallest absolute Gasteiger partial charge is 0.120 e. The van der Waals surface area contributed by atoms with Crippen molar-refractivity contribution in [2.24, 2.45) is 46.3 Å². The second kappa shape index (κ2) is 7.96. The van der Waals surface area contributed by atoms with Gasteiger partial charge in [-0.2, -0.15) is 0 Å². The normalized spacial score (nSPS) is 49.9. The molecule has 0 bridgehead atoms. The van der Waals surface area contributed by atoms with Crippen LogP contribution in [0.4, 0.5) is 0 Å². The Hall–Kier alpha value is -0.330. The van der Waals surface area contributed by atoms with Gasteiger partial charge in [0.05, 0.1) is 0 Å². The van der Waals surface area contributed by atoms with Gasteiger partial charge in [0.15, 0.2) is 0 Å². The predicted octanol–water partition coefficient (Wildman–Crippen LogP) is 7.29. The Balaban J connectivity index is 0.000000948. The fraction of sp³-hybridized carbons (Fsp3) is 0.960. The molecule has 4 aliphatic carbocycles. The lowest BCUT2D eigenvalue weighted by Gasteiger charge is -2.61. The summed E-state index contributed by atoms with van der Waals surface area (Å²) < 4.78 is 0. The Morgan fingerprint density at radius 1 is 0.885 bits per heavy atom. The first-order valence-corrected chi connectivity index (χ1v) is 12.0. The molecule has 4 aliphatic rings. The van der Waals surface area contributed by atoms with Crippen LogP contribution in [0.1, 0.15) is 105 Å². The number of hydrogen-bond acceptors (Lipinski definition) is 1. The Morgan fingerprint density at radius 2 is 1.58 bits per heavy atom. The summed E-state index contributed by atoms with van der Waals surface area (Å²) in [6.07, 6.45) is 16.5. The summed E-state index contributed by atoms with van der Waals surface area (Å²) >= 11 is 0. The third-order valence-electron chi connectivity index (χ3n) is 9.93. The molecule has 0 aromatic carbocycles. The summed E-state index contributed by atoms with van der Waals surface area (Å²) in [7, 11) is 0. The van der Waals surface area contributed by atoms with E-state index in [1.807, 2.05) is 13.8 Å². The van der Waals surface area contributed by atoms with E-state index in [9.17, 15) is 4.79 Å². The molecule has 4 unspecified atom stereocenters. The fourth-order valence-corrected chi connectivity index (χ4v) is 8.33. The molecule has 0 heterocycles.